The lowest BCUT2D eigenvalue weighted by atomic mass is 9.60. The molecule has 2 fully saturated rings. The molecule has 2 saturated carbocycles. The van der Waals surface area contributed by atoms with Crippen LogP contribution in [0.15, 0.2) is 0 Å². The zero-order valence-corrected chi connectivity index (χ0v) is 12.4. The van der Waals surface area contributed by atoms with Gasteiger partial charge in [0.25, 0.3) is 0 Å². The van der Waals surface area contributed by atoms with Crippen molar-refractivity contribution in [3.63, 3.8) is 0 Å². The average Bonchev–Trinajstić information content (AvgIpc) is 2.24. The molecule has 2 aliphatic carbocycles. The van der Waals surface area contributed by atoms with Gasteiger partial charge in [-0.25, -0.2) is 0 Å². The van der Waals surface area contributed by atoms with Crippen molar-refractivity contribution in [3.05, 3.63) is 0 Å². The fourth-order valence-electron chi connectivity index (χ4n) is 4.25. The highest BCUT2D eigenvalue weighted by Gasteiger charge is 2.38. The first kappa shape index (κ1) is 13.4. The van der Waals surface area contributed by atoms with Gasteiger partial charge < -0.3 is 0 Å². The second kappa shape index (κ2) is 5.33. The monoisotopic (exact) mass is 236 g/mol. The lowest BCUT2D eigenvalue weighted by Crippen LogP contribution is -2.33. The van der Waals surface area contributed by atoms with Gasteiger partial charge in [0.2, 0.25) is 0 Å². The summed E-state index contributed by atoms with van der Waals surface area (Å²) in [6.07, 6.45) is 16.7. The van der Waals surface area contributed by atoms with Crippen LogP contribution in [0.2, 0.25) is 0 Å². The van der Waals surface area contributed by atoms with Gasteiger partial charge in [-0.3, -0.25) is 0 Å². The van der Waals surface area contributed by atoms with E-state index in [2.05, 4.69) is 20.8 Å². The Labute approximate surface area is 109 Å². The summed E-state index contributed by atoms with van der Waals surface area (Å²) in [5.41, 5.74) is 1.32. The largest absolute Gasteiger partial charge is 0.0599 e. The lowest BCUT2D eigenvalue weighted by Gasteiger charge is -2.45. The normalized spacial score (nSPS) is 27.7. The van der Waals surface area contributed by atoms with Gasteiger partial charge in [0.1, 0.15) is 0 Å². The summed E-state index contributed by atoms with van der Waals surface area (Å²) in [6.45, 7) is 7.31. The van der Waals surface area contributed by atoms with Gasteiger partial charge >= 0.3 is 0 Å². The highest BCUT2D eigenvalue weighted by atomic mass is 14.4. The molecule has 0 nitrogen and oxygen atoms in total. The van der Waals surface area contributed by atoms with Gasteiger partial charge in [-0.05, 0) is 55.3 Å². The maximum absolute atomic E-state index is 2.44. The van der Waals surface area contributed by atoms with Crippen LogP contribution in [0.5, 0.6) is 0 Å². The van der Waals surface area contributed by atoms with Crippen molar-refractivity contribution in [2.75, 3.05) is 0 Å². The molecule has 0 unspecified atom stereocenters. The van der Waals surface area contributed by atoms with E-state index in [9.17, 15) is 0 Å². The molecular weight excluding hydrogens is 204 g/mol. The quantitative estimate of drug-likeness (QED) is 0.487. The lowest BCUT2D eigenvalue weighted by molar-refractivity contribution is 0.0659. The van der Waals surface area contributed by atoms with Crippen molar-refractivity contribution in [3.8, 4) is 0 Å². The van der Waals surface area contributed by atoms with Crippen molar-refractivity contribution in [1.29, 1.82) is 0 Å². The van der Waals surface area contributed by atoms with Crippen LogP contribution in [0.25, 0.3) is 0 Å². The molecule has 0 aromatic heterocycles. The molecule has 0 aromatic carbocycles. The molecule has 0 N–H and O–H groups in total. The molecule has 0 heterocycles. The molecular formula is C17H32. The molecule has 17 heavy (non-hydrogen) atoms. The second-order valence-electron chi connectivity index (χ2n) is 7.91. The predicted octanol–water partition coefficient (Wildman–Crippen LogP) is 5.95. The summed E-state index contributed by atoms with van der Waals surface area (Å²) in [4.78, 5) is 0. The van der Waals surface area contributed by atoms with Crippen LogP contribution in [-0.4, -0.2) is 0 Å². The maximum Gasteiger partial charge on any atom is -0.0297 e. The average molecular weight is 236 g/mol. The number of hydrogen-bond donors (Lipinski definition) is 0. The summed E-state index contributed by atoms with van der Waals surface area (Å²) < 4.78 is 0. The Morgan fingerprint density at radius 2 is 1.18 bits per heavy atom. The van der Waals surface area contributed by atoms with Crippen LogP contribution >= 0.6 is 0 Å². The van der Waals surface area contributed by atoms with E-state index in [1.54, 1.807) is 12.8 Å². The third-order valence-corrected chi connectivity index (χ3v) is 5.69. The third kappa shape index (κ3) is 3.48. The van der Waals surface area contributed by atoms with Crippen LogP contribution in [0.3, 0.4) is 0 Å². The summed E-state index contributed by atoms with van der Waals surface area (Å²) in [6, 6.07) is 0. The molecule has 1 spiro atoms. The first-order chi connectivity index (χ1) is 8.02. The van der Waals surface area contributed by atoms with E-state index in [-0.39, 0.29) is 0 Å². The Balaban J connectivity index is 1.91. The molecule has 0 amide bonds. The first-order valence-corrected chi connectivity index (χ1v) is 8.02. The minimum absolute atomic E-state index is 0.545. The van der Waals surface area contributed by atoms with Crippen molar-refractivity contribution in [1.82, 2.24) is 0 Å². The van der Waals surface area contributed by atoms with E-state index < -0.39 is 0 Å². The van der Waals surface area contributed by atoms with Crippen LogP contribution in [0.1, 0.15) is 91.4 Å². The zero-order chi connectivity index (χ0) is 12.4. The van der Waals surface area contributed by atoms with E-state index >= 15 is 0 Å². The summed E-state index contributed by atoms with van der Waals surface area (Å²) in [5.74, 6) is 0.985. The Morgan fingerprint density at radius 1 is 0.706 bits per heavy atom. The van der Waals surface area contributed by atoms with Crippen molar-refractivity contribution in [2.45, 2.75) is 91.4 Å². The summed E-state index contributed by atoms with van der Waals surface area (Å²) in [5, 5.41) is 0. The fourth-order valence-corrected chi connectivity index (χ4v) is 4.25. The van der Waals surface area contributed by atoms with Gasteiger partial charge in [-0.1, -0.05) is 52.9 Å². The molecule has 0 aromatic rings. The van der Waals surface area contributed by atoms with Crippen LogP contribution in [-0.2, 0) is 0 Å². The number of rotatable bonds is 0. The Morgan fingerprint density at radius 3 is 1.65 bits per heavy atom. The topological polar surface area (TPSA) is 0 Å². The molecule has 0 bridgehead atoms. The van der Waals surface area contributed by atoms with Gasteiger partial charge in [0.05, 0.1) is 0 Å². The van der Waals surface area contributed by atoms with E-state index in [4.69, 9.17) is 0 Å². The van der Waals surface area contributed by atoms with E-state index in [0.29, 0.717) is 5.41 Å². The molecule has 100 valence electrons. The molecule has 0 aliphatic heterocycles. The molecule has 0 atom stereocenters. The van der Waals surface area contributed by atoms with Crippen molar-refractivity contribution >= 4 is 0 Å². The molecule has 0 saturated heterocycles. The molecule has 0 radical (unpaired) electrons. The second-order valence-corrected chi connectivity index (χ2v) is 7.91. The number of hydrogen-bond acceptors (Lipinski definition) is 0. The molecule has 2 rings (SSSR count). The molecule has 0 heteroatoms. The fraction of sp³-hybridized carbons (Fsp3) is 1.00. The van der Waals surface area contributed by atoms with Gasteiger partial charge in [0, 0.05) is 0 Å². The van der Waals surface area contributed by atoms with E-state index in [0.717, 1.165) is 11.3 Å². The first-order valence-electron chi connectivity index (χ1n) is 8.02. The summed E-state index contributed by atoms with van der Waals surface area (Å²) in [7, 11) is 0. The van der Waals surface area contributed by atoms with Crippen LogP contribution in [0.4, 0.5) is 0 Å². The zero-order valence-electron chi connectivity index (χ0n) is 12.4. The maximum atomic E-state index is 2.44. The van der Waals surface area contributed by atoms with Crippen LogP contribution in [0, 0.1) is 16.7 Å². The Kier molecular flexibility index (Phi) is 4.21. The minimum atomic E-state index is 0.545. The predicted molar refractivity (Wildman–Crippen MR) is 76.2 cm³/mol. The van der Waals surface area contributed by atoms with Gasteiger partial charge in [-0.2, -0.15) is 0 Å². The highest BCUT2D eigenvalue weighted by Crippen LogP contribution is 2.50. The molecule has 2 aliphatic rings. The highest BCUT2D eigenvalue weighted by molar-refractivity contribution is 4.89. The van der Waals surface area contributed by atoms with Gasteiger partial charge in [0.15, 0.2) is 0 Å². The van der Waals surface area contributed by atoms with E-state index in [1.807, 2.05) is 0 Å². The standard InChI is InChI=1S/C17H32/c1-16(2,3)15-9-13-17(14-10-15)11-7-5-4-6-8-12-17/h15H,4-14H2,1-3H3. The summed E-state index contributed by atoms with van der Waals surface area (Å²) >= 11 is 0. The Hall–Kier alpha value is 0. The van der Waals surface area contributed by atoms with Crippen molar-refractivity contribution < 1.29 is 0 Å². The minimum Gasteiger partial charge on any atom is -0.0599 e. The Bertz CT molecular complexity index is 215. The third-order valence-electron chi connectivity index (χ3n) is 5.69. The smallest absolute Gasteiger partial charge is 0.0297 e. The van der Waals surface area contributed by atoms with Crippen molar-refractivity contribution in [2.24, 2.45) is 16.7 Å². The van der Waals surface area contributed by atoms with Crippen LogP contribution < -0.4 is 0 Å². The van der Waals surface area contributed by atoms with E-state index in [1.165, 1.54) is 57.8 Å². The van der Waals surface area contributed by atoms with Gasteiger partial charge in [-0.15, -0.1) is 0 Å². The SMILES string of the molecule is CC(C)(C)C1CCC2(CCCCCCC2)CC1.